The van der Waals surface area contributed by atoms with Crippen LogP contribution in [0, 0.1) is 0 Å². The average molecular weight is 276 g/mol. The van der Waals surface area contributed by atoms with Gasteiger partial charge in [-0.1, -0.05) is 12.1 Å². The number of nitrogens with zero attached hydrogens (tertiary/aromatic N) is 1. The second kappa shape index (κ2) is 6.49. The van der Waals surface area contributed by atoms with Crippen molar-refractivity contribution in [2.75, 3.05) is 31.5 Å². The molecule has 0 saturated carbocycles. The molecular formula is C14H20N4O2. The number of nitrogens with one attached hydrogen (secondary N) is 2. The Balaban J connectivity index is 1.99. The van der Waals surface area contributed by atoms with Crippen molar-refractivity contribution < 1.29 is 9.59 Å². The lowest BCUT2D eigenvalue weighted by Crippen LogP contribution is -2.52. The van der Waals surface area contributed by atoms with E-state index in [9.17, 15) is 9.59 Å². The number of carbonyl (C=O) groups excluding carboxylic acids is 2. The van der Waals surface area contributed by atoms with Crippen LogP contribution in [0.5, 0.6) is 0 Å². The van der Waals surface area contributed by atoms with Gasteiger partial charge in [-0.05, 0) is 19.1 Å². The topological polar surface area (TPSA) is 87.5 Å². The van der Waals surface area contributed by atoms with E-state index in [0.29, 0.717) is 23.8 Å². The number of hydrogen-bond donors (Lipinski definition) is 3. The van der Waals surface area contributed by atoms with Crippen molar-refractivity contribution in [1.29, 1.82) is 0 Å². The van der Waals surface area contributed by atoms with Crippen LogP contribution in [-0.2, 0) is 4.79 Å². The van der Waals surface area contributed by atoms with Gasteiger partial charge in [0, 0.05) is 25.7 Å². The van der Waals surface area contributed by atoms with E-state index in [1.807, 2.05) is 0 Å². The molecule has 6 nitrogen and oxygen atoms in total. The summed E-state index contributed by atoms with van der Waals surface area (Å²) in [5.74, 6) is -0.677. The van der Waals surface area contributed by atoms with Gasteiger partial charge in [-0.25, -0.2) is 0 Å². The Labute approximate surface area is 118 Å². The third-order valence-electron chi connectivity index (χ3n) is 3.45. The van der Waals surface area contributed by atoms with Crippen molar-refractivity contribution in [2.45, 2.75) is 13.0 Å². The van der Waals surface area contributed by atoms with Crippen molar-refractivity contribution in [3.05, 3.63) is 29.8 Å². The smallest absolute Gasteiger partial charge is 0.250 e. The highest BCUT2D eigenvalue weighted by Crippen LogP contribution is 2.14. The molecular weight excluding hydrogens is 256 g/mol. The molecule has 0 radical (unpaired) electrons. The monoisotopic (exact) mass is 276 g/mol. The van der Waals surface area contributed by atoms with E-state index in [1.165, 1.54) is 0 Å². The minimum Gasteiger partial charge on any atom is -0.366 e. The van der Waals surface area contributed by atoms with E-state index in [-0.39, 0.29) is 5.91 Å². The number of para-hydroxylation sites is 1. The second-order valence-electron chi connectivity index (χ2n) is 4.98. The van der Waals surface area contributed by atoms with Crippen LogP contribution >= 0.6 is 0 Å². The van der Waals surface area contributed by atoms with Gasteiger partial charge in [-0.3, -0.25) is 14.5 Å². The van der Waals surface area contributed by atoms with Gasteiger partial charge in [0.15, 0.2) is 0 Å². The summed E-state index contributed by atoms with van der Waals surface area (Å²) in [5, 5.41) is 6.03. The van der Waals surface area contributed by atoms with Gasteiger partial charge in [0.2, 0.25) is 5.91 Å². The first-order valence-corrected chi connectivity index (χ1v) is 6.71. The number of amides is 2. The summed E-state index contributed by atoms with van der Waals surface area (Å²) in [6, 6.07) is 7.08. The standard InChI is InChI=1S/C14H20N4O2/c1-10-8-16-6-7-18(10)9-13(19)17-12-5-3-2-4-11(12)14(15)20/h2-5,10,16H,6-9H2,1H3,(H2,15,20)(H,17,19)/t10-/m1/s1. The first-order valence-electron chi connectivity index (χ1n) is 6.71. The zero-order valence-electron chi connectivity index (χ0n) is 11.6. The Kier molecular flexibility index (Phi) is 4.70. The van der Waals surface area contributed by atoms with Crippen LogP contribution in [0.2, 0.25) is 0 Å². The maximum Gasteiger partial charge on any atom is 0.250 e. The fourth-order valence-electron chi connectivity index (χ4n) is 2.30. The third-order valence-corrected chi connectivity index (χ3v) is 3.45. The van der Waals surface area contributed by atoms with Crippen molar-refractivity contribution in [3.8, 4) is 0 Å². The number of primary amides is 1. The Morgan fingerprint density at radius 2 is 2.20 bits per heavy atom. The molecule has 1 aliphatic heterocycles. The number of piperazine rings is 1. The third kappa shape index (κ3) is 3.55. The molecule has 2 rings (SSSR count). The van der Waals surface area contributed by atoms with Gasteiger partial charge in [0.1, 0.15) is 0 Å². The molecule has 2 amide bonds. The van der Waals surface area contributed by atoms with Gasteiger partial charge in [0.25, 0.3) is 5.91 Å². The maximum absolute atomic E-state index is 12.1. The Bertz CT molecular complexity index is 504. The summed E-state index contributed by atoms with van der Waals surface area (Å²) >= 11 is 0. The van der Waals surface area contributed by atoms with Gasteiger partial charge in [0.05, 0.1) is 17.8 Å². The molecule has 108 valence electrons. The summed E-state index contributed by atoms with van der Waals surface area (Å²) in [6.45, 7) is 5.00. The van der Waals surface area contributed by atoms with Crippen LogP contribution < -0.4 is 16.4 Å². The highest BCUT2D eigenvalue weighted by Gasteiger charge is 2.20. The van der Waals surface area contributed by atoms with E-state index >= 15 is 0 Å². The summed E-state index contributed by atoms with van der Waals surface area (Å²) in [4.78, 5) is 25.5. The average Bonchev–Trinajstić information content (AvgIpc) is 2.41. The molecule has 0 unspecified atom stereocenters. The highest BCUT2D eigenvalue weighted by molar-refractivity contribution is 6.03. The minimum atomic E-state index is -0.545. The molecule has 0 aromatic heterocycles. The quantitative estimate of drug-likeness (QED) is 0.723. The molecule has 1 heterocycles. The molecule has 1 aliphatic rings. The summed E-state index contributed by atoms with van der Waals surface area (Å²) in [5.41, 5.74) is 6.08. The van der Waals surface area contributed by atoms with E-state index in [1.54, 1.807) is 24.3 Å². The maximum atomic E-state index is 12.1. The van der Waals surface area contributed by atoms with Crippen molar-refractivity contribution >= 4 is 17.5 Å². The zero-order chi connectivity index (χ0) is 14.5. The van der Waals surface area contributed by atoms with Crippen molar-refractivity contribution in [2.24, 2.45) is 5.73 Å². The first-order chi connectivity index (χ1) is 9.58. The van der Waals surface area contributed by atoms with Crippen LogP contribution in [0.25, 0.3) is 0 Å². The summed E-state index contributed by atoms with van der Waals surface area (Å²) < 4.78 is 0. The van der Waals surface area contributed by atoms with E-state index < -0.39 is 5.91 Å². The van der Waals surface area contributed by atoms with Gasteiger partial charge >= 0.3 is 0 Å². The molecule has 6 heteroatoms. The zero-order valence-corrected chi connectivity index (χ0v) is 11.6. The Morgan fingerprint density at radius 3 is 2.90 bits per heavy atom. The van der Waals surface area contributed by atoms with Crippen LogP contribution in [0.1, 0.15) is 17.3 Å². The molecule has 1 aromatic carbocycles. The predicted octanol–water partition coefficient (Wildman–Crippen LogP) is 0.0177. The molecule has 0 aliphatic carbocycles. The lowest BCUT2D eigenvalue weighted by Gasteiger charge is -2.33. The fraction of sp³-hybridized carbons (Fsp3) is 0.429. The van der Waals surface area contributed by atoms with E-state index in [2.05, 4.69) is 22.5 Å². The normalized spacial score (nSPS) is 19.6. The molecule has 20 heavy (non-hydrogen) atoms. The van der Waals surface area contributed by atoms with Crippen LogP contribution in [0.4, 0.5) is 5.69 Å². The van der Waals surface area contributed by atoms with Crippen LogP contribution in [0.15, 0.2) is 24.3 Å². The number of rotatable bonds is 4. The Hall–Kier alpha value is -1.92. The number of nitrogens with two attached hydrogens (primary N) is 1. The van der Waals surface area contributed by atoms with Crippen molar-refractivity contribution in [1.82, 2.24) is 10.2 Å². The van der Waals surface area contributed by atoms with Crippen molar-refractivity contribution in [3.63, 3.8) is 0 Å². The van der Waals surface area contributed by atoms with Gasteiger partial charge < -0.3 is 16.4 Å². The summed E-state index contributed by atoms with van der Waals surface area (Å²) in [7, 11) is 0. The highest BCUT2D eigenvalue weighted by atomic mass is 16.2. The molecule has 1 saturated heterocycles. The number of benzene rings is 1. The molecule has 0 spiro atoms. The predicted molar refractivity (Wildman–Crippen MR) is 77.5 cm³/mol. The van der Waals surface area contributed by atoms with Gasteiger partial charge in [-0.2, -0.15) is 0 Å². The number of carbonyl (C=O) groups is 2. The lowest BCUT2D eigenvalue weighted by molar-refractivity contribution is -0.118. The minimum absolute atomic E-state index is 0.132. The fourth-order valence-corrected chi connectivity index (χ4v) is 2.30. The van der Waals surface area contributed by atoms with E-state index in [0.717, 1.165) is 19.6 Å². The first kappa shape index (κ1) is 14.5. The molecule has 1 aromatic rings. The largest absolute Gasteiger partial charge is 0.366 e. The summed E-state index contributed by atoms with van der Waals surface area (Å²) in [6.07, 6.45) is 0. The molecule has 1 atom stereocenters. The second-order valence-corrected chi connectivity index (χ2v) is 4.98. The van der Waals surface area contributed by atoms with E-state index in [4.69, 9.17) is 5.73 Å². The van der Waals surface area contributed by atoms with Crippen LogP contribution in [-0.4, -0.2) is 48.9 Å². The van der Waals surface area contributed by atoms with Gasteiger partial charge in [-0.15, -0.1) is 0 Å². The molecule has 0 bridgehead atoms. The Morgan fingerprint density at radius 1 is 1.45 bits per heavy atom. The van der Waals surface area contributed by atoms with Crippen LogP contribution in [0.3, 0.4) is 0 Å². The molecule has 4 N–H and O–H groups in total. The number of hydrogen-bond acceptors (Lipinski definition) is 4. The SMILES string of the molecule is C[C@@H]1CNCCN1CC(=O)Nc1ccccc1C(N)=O. The number of anilines is 1. The molecule has 1 fully saturated rings. The lowest BCUT2D eigenvalue weighted by atomic mass is 10.1.